The monoisotopic (exact) mass is 169 g/mol. The largest absolute Gasteiger partial charge is 0.300 e. The molecule has 0 aliphatic heterocycles. The van der Waals surface area contributed by atoms with E-state index in [-0.39, 0.29) is 0 Å². The van der Waals surface area contributed by atoms with Crippen molar-refractivity contribution >= 4 is 0 Å². The molecular formula is C11H23N. The maximum absolute atomic E-state index is 2.57. The third kappa shape index (κ3) is 1.82. The van der Waals surface area contributed by atoms with Crippen LogP contribution in [0.15, 0.2) is 0 Å². The first kappa shape index (κ1) is 10.0. The molecule has 0 bridgehead atoms. The van der Waals surface area contributed by atoms with Crippen LogP contribution in [0.1, 0.15) is 40.5 Å². The first-order chi connectivity index (χ1) is 5.49. The Kier molecular flexibility index (Phi) is 2.82. The Hall–Kier alpha value is -0.0400. The molecule has 1 rings (SSSR count). The van der Waals surface area contributed by atoms with Gasteiger partial charge in [0.2, 0.25) is 0 Å². The summed E-state index contributed by atoms with van der Waals surface area (Å²) in [5.41, 5.74) is 0.574. The van der Waals surface area contributed by atoms with Crippen molar-refractivity contribution in [2.75, 3.05) is 13.6 Å². The molecule has 0 aromatic rings. The van der Waals surface area contributed by atoms with Crippen LogP contribution >= 0.6 is 0 Å². The average Bonchev–Trinajstić information content (AvgIpc) is 2.63. The lowest BCUT2D eigenvalue weighted by Gasteiger charge is -2.32. The Balaban J connectivity index is 2.46. The highest BCUT2D eigenvalue weighted by atomic mass is 15.2. The molecule has 0 aromatic carbocycles. The molecule has 1 fully saturated rings. The van der Waals surface area contributed by atoms with Crippen molar-refractivity contribution in [2.24, 2.45) is 11.8 Å². The summed E-state index contributed by atoms with van der Waals surface area (Å²) in [6, 6.07) is 0. The Morgan fingerprint density at radius 1 is 1.17 bits per heavy atom. The fourth-order valence-electron chi connectivity index (χ4n) is 2.26. The molecule has 0 unspecified atom stereocenters. The molecule has 0 spiro atoms. The highest BCUT2D eigenvalue weighted by Crippen LogP contribution is 2.47. The summed E-state index contributed by atoms with van der Waals surface area (Å²) in [7, 11) is 2.28. The molecule has 12 heavy (non-hydrogen) atoms. The van der Waals surface area contributed by atoms with Crippen molar-refractivity contribution in [3.63, 3.8) is 0 Å². The molecule has 0 saturated heterocycles. The van der Waals surface area contributed by atoms with Crippen LogP contribution < -0.4 is 0 Å². The zero-order valence-corrected chi connectivity index (χ0v) is 9.22. The van der Waals surface area contributed by atoms with Crippen molar-refractivity contribution in [3.05, 3.63) is 0 Å². The van der Waals surface area contributed by atoms with E-state index in [1.54, 1.807) is 0 Å². The van der Waals surface area contributed by atoms with E-state index in [4.69, 9.17) is 0 Å². The van der Waals surface area contributed by atoms with E-state index in [1.807, 2.05) is 0 Å². The van der Waals surface area contributed by atoms with Gasteiger partial charge in [0, 0.05) is 12.1 Å². The summed E-state index contributed by atoms with van der Waals surface area (Å²) in [5.74, 6) is 1.62. The summed E-state index contributed by atoms with van der Waals surface area (Å²) >= 11 is 0. The van der Waals surface area contributed by atoms with E-state index in [0.29, 0.717) is 5.54 Å². The van der Waals surface area contributed by atoms with Gasteiger partial charge in [-0.3, -0.25) is 0 Å². The minimum absolute atomic E-state index is 0.574. The summed E-state index contributed by atoms with van der Waals surface area (Å²) in [5, 5.41) is 0. The number of hydrogen-bond acceptors (Lipinski definition) is 1. The minimum atomic E-state index is 0.574. The summed E-state index contributed by atoms with van der Waals surface area (Å²) in [4.78, 5) is 2.57. The zero-order valence-electron chi connectivity index (χ0n) is 9.22. The van der Waals surface area contributed by atoms with Crippen LogP contribution in [0.3, 0.4) is 0 Å². The third-order valence-corrected chi connectivity index (χ3v) is 3.24. The van der Waals surface area contributed by atoms with Crippen molar-refractivity contribution in [2.45, 2.75) is 46.1 Å². The molecule has 72 valence electrons. The van der Waals surface area contributed by atoms with E-state index >= 15 is 0 Å². The van der Waals surface area contributed by atoms with Gasteiger partial charge in [0.1, 0.15) is 0 Å². The lowest BCUT2D eigenvalue weighted by atomic mass is 9.99. The van der Waals surface area contributed by atoms with Gasteiger partial charge < -0.3 is 4.90 Å². The first-order valence-electron chi connectivity index (χ1n) is 5.20. The molecule has 1 aliphatic carbocycles. The van der Waals surface area contributed by atoms with E-state index in [2.05, 4.69) is 39.6 Å². The third-order valence-electron chi connectivity index (χ3n) is 3.24. The molecule has 0 aromatic heterocycles. The molecule has 0 N–H and O–H groups in total. The van der Waals surface area contributed by atoms with Gasteiger partial charge in [-0.25, -0.2) is 0 Å². The molecule has 0 atom stereocenters. The van der Waals surface area contributed by atoms with E-state index in [0.717, 1.165) is 11.8 Å². The predicted molar refractivity (Wildman–Crippen MR) is 54.3 cm³/mol. The molecule has 1 aliphatic rings. The lowest BCUT2D eigenvalue weighted by Crippen LogP contribution is -2.40. The van der Waals surface area contributed by atoms with Gasteiger partial charge in [0.05, 0.1) is 0 Å². The van der Waals surface area contributed by atoms with Crippen molar-refractivity contribution in [1.82, 2.24) is 4.90 Å². The van der Waals surface area contributed by atoms with E-state index in [1.165, 1.54) is 19.4 Å². The second-order valence-electron chi connectivity index (χ2n) is 5.03. The highest BCUT2D eigenvalue weighted by molar-refractivity contribution is 5.04. The highest BCUT2D eigenvalue weighted by Gasteiger charge is 2.48. The molecule has 1 saturated carbocycles. The fraction of sp³-hybridized carbons (Fsp3) is 1.00. The van der Waals surface area contributed by atoms with Crippen LogP contribution in [0.2, 0.25) is 0 Å². The van der Waals surface area contributed by atoms with Crippen LogP contribution in [-0.4, -0.2) is 24.0 Å². The topological polar surface area (TPSA) is 3.24 Å². The molecule has 0 heterocycles. The molecule has 1 heteroatoms. The van der Waals surface area contributed by atoms with Gasteiger partial charge in [-0.2, -0.15) is 0 Å². The first-order valence-corrected chi connectivity index (χ1v) is 5.20. The molecular weight excluding hydrogens is 146 g/mol. The smallest absolute Gasteiger partial charge is 0.0230 e. The molecule has 1 nitrogen and oxygen atoms in total. The van der Waals surface area contributed by atoms with Gasteiger partial charge in [-0.05, 0) is 31.7 Å². The quantitative estimate of drug-likeness (QED) is 0.625. The van der Waals surface area contributed by atoms with Crippen LogP contribution in [0, 0.1) is 11.8 Å². The van der Waals surface area contributed by atoms with Crippen molar-refractivity contribution < 1.29 is 0 Å². The van der Waals surface area contributed by atoms with Crippen LogP contribution in [0.5, 0.6) is 0 Å². The second kappa shape index (κ2) is 3.37. The lowest BCUT2D eigenvalue weighted by molar-refractivity contribution is 0.152. The van der Waals surface area contributed by atoms with Gasteiger partial charge in [0.15, 0.2) is 0 Å². The maximum Gasteiger partial charge on any atom is 0.0230 e. The Bertz CT molecular complexity index is 145. The minimum Gasteiger partial charge on any atom is -0.300 e. The van der Waals surface area contributed by atoms with E-state index in [9.17, 15) is 0 Å². The average molecular weight is 169 g/mol. The number of nitrogens with zero attached hydrogens (tertiary/aromatic N) is 1. The van der Waals surface area contributed by atoms with Crippen molar-refractivity contribution in [1.29, 1.82) is 0 Å². The molecule has 0 amide bonds. The standard InChI is InChI=1S/C11H23N/c1-9(2)8-12(5)11(6-7-11)10(3)4/h9-10H,6-8H2,1-5H3. The Morgan fingerprint density at radius 2 is 1.67 bits per heavy atom. The van der Waals surface area contributed by atoms with Gasteiger partial charge >= 0.3 is 0 Å². The predicted octanol–water partition coefficient (Wildman–Crippen LogP) is 2.76. The van der Waals surface area contributed by atoms with Gasteiger partial charge in [-0.15, -0.1) is 0 Å². The second-order valence-corrected chi connectivity index (χ2v) is 5.03. The van der Waals surface area contributed by atoms with Crippen LogP contribution in [0.4, 0.5) is 0 Å². The maximum atomic E-state index is 2.57. The summed E-state index contributed by atoms with van der Waals surface area (Å²) in [6.07, 6.45) is 2.82. The number of hydrogen-bond donors (Lipinski definition) is 0. The Morgan fingerprint density at radius 3 is 1.92 bits per heavy atom. The summed E-state index contributed by atoms with van der Waals surface area (Å²) < 4.78 is 0. The summed E-state index contributed by atoms with van der Waals surface area (Å²) in [6.45, 7) is 10.5. The Labute approximate surface area is 77.1 Å². The van der Waals surface area contributed by atoms with Crippen molar-refractivity contribution in [3.8, 4) is 0 Å². The zero-order chi connectivity index (χ0) is 9.35. The molecule has 0 radical (unpaired) electrons. The van der Waals surface area contributed by atoms with E-state index < -0.39 is 0 Å². The fourth-order valence-corrected chi connectivity index (χ4v) is 2.26. The van der Waals surface area contributed by atoms with Crippen LogP contribution in [0.25, 0.3) is 0 Å². The van der Waals surface area contributed by atoms with Crippen LogP contribution in [-0.2, 0) is 0 Å². The number of rotatable bonds is 4. The normalized spacial score (nSPS) is 21.0. The van der Waals surface area contributed by atoms with Gasteiger partial charge in [0.25, 0.3) is 0 Å². The van der Waals surface area contributed by atoms with Gasteiger partial charge in [-0.1, -0.05) is 27.7 Å². The SMILES string of the molecule is CC(C)CN(C)C1(C(C)C)CC1.